The minimum atomic E-state index is -0.264. The van der Waals surface area contributed by atoms with Crippen LogP contribution in [0.25, 0.3) is 5.95 Å². The van der Waals surface area contributed by atoms with E-state index < -0.39 is 0 Å². The van der Waals surface area contributed by atoms with E-state index in [1.54, 1.807) is 0 Å². The highest BCUT2D eigenvalue weighted by atomic mass is 16.1. The molecule has 2 heterocycles. The smallest absolute Gasteiger partial charge is 0.273 e. The Balaban J connectivity index is 2.59. The second kappa shape index (κ2) is 3.14. The van der Waals surface area contributed by atoms with Crippen LogP contribution in [0.2, 0.25) is 0 Å². The van der Waals surface area contributed by atoms with E-state index in [0.717, 1.165) is 4.68 Å². The fraction of sp³-hybridized carbons (Fsp3) is 0. The van der Waals surface area contributed by atoms with Gasteiger partial charge in [-0.2, -0.15) is 9.94 Å². The summed E-state index contributed by atoms with van der Waals surface area (Å²) in [6, 6.07) is 4.69. The van der Waals surface area contributed by atoms with Gasteiger partial charge in [-0.25, -0.2) is 9.97 Å². The summed E-state index contributed by atoms with van der Waals surface area (Å²) < 4.78 is 1.15. The zero-order valence-electron chi connectivity index (χ0n) is 7.01. The normalized spacial score (nSPS) is 9.64. The lowest BCUT2D eigenvalue weighted by molar-refractivity contribution is 0.781. The highest BCUT2D eigenvalue weighted by Gasteiger charge is 2.03. The van der Waals surface area contributed by atoms with E-state index in [9.17, 15) is 4.79 Å². The van der Waals surface area contributed by atoms with Crippen LogP contribution in [0.4, 0.5) is 0 Å². The van der Waals surface area contributed by atoms with Crippen molar-refractivity contribution in [2.24, 2.45) is 0 Å². The number of nitrogens with one attached hydrogen (secondary N) is 1. The lowest BCUT2D eigenvalue weighted by Gasteiger charge is -1.97. The van der Waals surface area contributed by atoms with Crippen molar-refractivity contribution in [3.8, 4) is 12.0 Å². The van der Waals surface area contributed by atoms with Gasteiger partial charge >= 0.3 is 0 Å². The van der Waals surface area contributed by atoms with Crippen molar-refractivity contribution >= 4 is 0 Å². The van der Waals surface area contributed by atoms with Crippen LogP contribution >= 0.6 is 0 Å². The van der Waals surface area contributed by atoms with Crippen molar-refractivity contribution in [2.75, 3.05) is 0 Å². The van der Waals surface area contributed by atoms with E-state index in [-0.39, 0.29) is 17.2 Å². The van der Waals surface area contributed by atoms with Crippen LogP contribution in [0.5, 0.6) is 0 Å². The Morgan fingerprint density at radius 2 is 2.36 bits per heavy atom. The number of nitrogens with zero attached hydrogens (tertiary/aromatic N) is 4. The van der Waals surface area contributed by atoms with Crippen molar-refractivity contribution in [1.82, 2.24) is 19.7 Å². The van der Waals surface area contributed by atoms with Crippen LogP contribution in [0.15, 0.2) is 29.3 Å². The molecular weight excluding hydrogens is 182 g/mol. The third kappa shape index (κ3) is 1.27. The van der Waals surface area contributed by atoms with Gasteiger partial charge in [0.05, 0.1) is 0 Å². The van der Waals surface area contributed by atoms with Gasteiger partial charge in [-0.3, -0.25) is 9.89 Å². The summed E-state index contributed by atoms with van der Waals surface area (Å²) in [5.41, 5.74) is -0.0448. The lowest BCUT2D eigenvalue weighted by Crippen LogP contribution is -2.16. The van der Waals surface area contributed by atoms with E-state index in [2.05, 4.69) is 15.1 Å². The van der Waals surface area contributed by atoms with Gasteiger partial charge < -0.3 is 0 Å². The van der Waals surface area contributed by atoms with E-state index in [1.165, 1.54) is 24.5 Å². The van der Waals surface area contributed by atoms with Crippen LogP contribution in [-0.2, 0) is 0 Å². The topological polar surface area (TPSA) is 87.4 Å². The quantitative estimate of drug-likeness (QED) is 0.671. The number of aromatic amines is 1. The number of aromatic nitrogens is 4. The van der Waals surface area contributed by atoms with E-state index in [0.29, 0.717) is 0 Å². The van der Waals surface area contributed by atoms with Crippen LogP contribution in [0, 0.1) is 11.3 Å². The molecule has 0 saturated heterocycles. The van der Waals surface area contributed by atoms with Gasteiger partial charge in [0, 0.05) is 18.5 Å². The Morgan fingerprint density at radius 1 is 1.50 bits per heavy atom. The SMILES string of the molecule is N#Cc1ccnc(-n2[nH]ccc2=O)n1. The molecule has 0 radical (unpaired) electrons. The van der Waals surface area contributed by atoms with Gasteiger partial charge in [0.25, 0.3) is 11.5 Å². The first-order valence-electron chi connectivity index (χ1n) is 3.81. The molecule has 14 heavy (non-hydrogen) atoms. The minimum Gasteiger partial charge on any atom is -0.296 e. The van der Waals surface area contributed by atoms with Crippen LogP contribution in [0.3, 0.4) is 0 Å². The Labute approximate surface area is 78.5 Å². The maximum absolute atomic E-state index is 11.2. The predicted molar refractivity (Wildman–Crippen MR) is 46.7 cm³/mol. The summed E-state index contributed by atoms with van der Waals surface area (Å²) in [6.07, 6.45) is 2.90. The van der Waals surface area contributed by atoms with Gasteiger partial charge in [0.2, 0.25) is 0 Å². The molecule has 0 unspecified atom stereocenters. The Bertz CT molecular complexity index is 547. The molecule has 0 aliphatic carbocycles. The Morgan fingerprint density at radius 3 is 3.00 bits per heavy atom. The van der Waals surface area contributed by atoms with Crippen molar-refractivity contribution in [2.45, 2.75) is 0 Å². The zero-order chi connectivity index (χ0) is 9.97. The van der Waals surface area contributed by atoms with E-state index in [1.807, 2.05) is 6.07 Å². The molecule has 0 bridgehead atoms. The first-order chi connectivity index (χ1) is 6.81. The molecular formula is C8H5N5O. The predicted octanol–water partition coefficient (Wildman–Crippen LogP) is -0.173. The molecule has 68 valence electrons. The number of nitriles is 1. The summed E-state index contributed by atoms with van der Waals surface area (Å²) >= 11 is 0. The number of rotatable bonds is 1. The first kappa shape index (κ1) is 8.19. The first-order valence-corrected chi connectivity index (χ1v) is 3.81. The lowest BCUT2D eigenvalue weighted by atomic mass is 10.4. The fourth-order valence-electron chi connectivity index (χ4n) is 0.996. The maximum atomic E-state index is 11.2. The van der Waals surface area contributed by atoms with Crippen LogP contribution in [-0.4, -0.2) is 19.7 Å². The summed E-state index contributed by atoms with van der Waals surface area (Å²) in [4.78, 5) is 18.9. The molecule has 0 saturated carbocycles. The van der Waals surface area contributed by atoms with Crippen LogP contribution in [0.1, 0.15) is 5.69 Å². The highest BCUT2D eigenvalue weighted by Crippen LogP contribution is 1.95. The van der Waals surface area contributed by atoms with Gasteiger partial charge in [-0.05, 0) is 6.07 Å². The largest absolute Gasteiger partial charge is 0.296 e. The molecule has 6 heteroatoms. The van der Waals surface area contributed by atoms with Crippen LogP contribution < -0.4 is 5.56 Å². The molecule has 2 aromatic heterocycles. The number of hydrogen-bond acceptors (Lipinski definition) is 4. The van der Waals surface area contributed by atoms with Crippen molar-refractivity contribution < 1.29 is 0 Å². The highest BCUT2D eigenvalue weighted by molar-refractivity contribution is 5.22. The Hall–Kier alpha value is -2.42. The zero-order valence-corrected chi connectivity index (χ0v) is 7.01. The molecule has 6 nitrogen and oxygen atoms in total. The molecule has 0 amide bonds. The molecule has 0 aliphatic rings. The average molecular weight is 187 g/mol. The van der Waals surface area contributed by atoms with Crippen molar-refractivity contribution in [3.63, 3.8) is 0 Å². The summed E-state index contributed by atoms with van der Waals surface area (Å²) in [5.74, 6) is 0.166. The van der Waals surface area contributed by atoms with Crippen molar-refractivity contribution in [1.29, 1.82) is 5.26 Å². The minimum absolute atomic E-state index is 0.166. The van der Waals surface area contributed by atoms with E-state index in [4.69, 9.17) is 5.26 Å². The third-order valence-electron chi connectivity index (χ3n) is 1.61. The summed E-state index contributed by atoms with van der Waals surface area (Å²) in [7, 11) is 0. The summed E-state index contributed by atoms with van der Waals surface area (Å²) in [6.45, 7) is 0. The second-order valence-corrected chi connectivity index (χ2v) is 2.49. The molecule has 2 rings (SSSR count). The monoisotopic (exact) mass is 187 g/mol. The molecule has 2 aromatic rings. The molecule has 0 spiro atoms. The molecule has 0 aromatic carbocycles. The molecule has 0 aliphatic heterocycles. The molecule has 0 fully saturated rings. The standard InChI is InChI=1S/C8H5N5O/c9-5-6-1-3-10-8(12-6)13-7(14)2-4-11-13/h1-4,11H. The molecule has 1 N–H and O–H groups in total. The second-order valence-electron chi connectivity index (χ2n) is 2.49. The number of hydrogen-bond donors (Lipinski definition) is 1. The van der Waals surface area contributed by atoms with Crippen molar-refractivity contribution in [3.05, 3.63) is 40.6 Å². The molecule has 0 atom stereocenters. The van der Waals surface area contributed by atoms with Gasteiger partial charge in [-0.15, -0.1) is 0 Å². The maximum Gasteiger partial charge on any atom is 0.273 e. The fourth-order valence-corrected chi connectivity index (χ4v) is 0.996. The van der Waals surface area contributed by atoms with Gasteiger partial charge in [-0.1, -0.05) is 0 Å². The average Bonchev–Trinajstić information content (AvgIpc) is 2.65. The third-order valence-corrected chi connectivity index (χ3v) is 1.61. The van der Waals surface area contributed by atoms with Gasteiger partial charge in [0.1, 0.15) is 11.8 Å². The number of H-pyrrole nitrogens is 1. The van der Waals surface area contributed by atoms with E-state index >= 15 is 0 Å². The summed E-state index contributed by atoms with van der Waals surface area (Å²) in [5, 5.41) is 11.2. The van der Waals surface area contributed by atoms with Gasteiger partial charge in [0.15, 0.2) is 0 Å². The Kier molecular flexibility index (Phi) is 1.84.